The second-order valence-electron chi connectivity index (χ2n) is 5.49. The summed E-state index contributed by atoms with van der Waals surface area (Å²) in [6.45, 7) is 10.4. The number of aromatic nitrogens is 2. The molecule has 2 rings (SSSR count). The first-order chi connectivity index (χ1) is 9.36. The molecule has 0 aliphatic rings. The number of rotatable bonds is 3. The highest BCUT2D eigenvalue weighted by Crippen LogP contribution is 2.26. The molecule has 0 unspecified atom stereocenters. The van der Waals surface area contributed by atoms with Crippen molar-refractivity contribution in [2.75, 3.05) is 5.32 Å². The van der Waals surface area contributed by atoms with E-state index in [9.17, 15) is 0 Å². The number of benzene rings is 1. The minimum atomic E-state index is 0.245. The van der Waals surface area contributed by atoms with Gasteiger partial charge in [-0.25, -0.2) is 9.97 Å². The molecule has 3 nitrogen and oxygen atoms in total. The summed E-state index contributed by atoms with van der Waals surface area (Å²) < 4.78 is 0. The molecule has 0 fully saturated rings. The Morgan fingerprint density at radius 3 is 2.15 bits per heavy atom. The van der Waals surface area contributed by atoms with Crippen molar-refractivity contribution in [3.8, 4) is 0 Å². The second kappa shape index (κ2) is 5.80. The molecule has 0 saturated heterocycles. The molecule has 4 heteroatoms. The SMILES string of the molecule is Cc1cc(C)c(Nc2cc(Cl)nc(C(C)C)n2)c(C)c1. The van der Waals surface area contributed by atoms with E-state index < -0.39 is 0 Å². The first-order valence-electron chi connectivity index (χ1n) is 6.76. The van der Waals surface area contributed by atoms with Crippen LogP contribution in [0.1, 0.15) is 42.3 Å². The van der Waals surface area contributed by atoms with Crippen molar-refractivity contribution in [1.82, 2.24) is 9.97 Å². The maximum Gasteiger partial charge on any atom is 0.135 e. The van der Waals surface area contributed by atoms with Crippen LogP contribution in [0.5, 0.6) is 0 Å². The minimum Gasteiger partial charge on any atom is -0.340 e. The standard InChI is InChI=1S/C16H20ClN3/c1-9(2)16-18-13(17)8-14(20-16)19-15-11(4)6-10(3)7-12(15)5/h6-9H,1-5H3,(H,18,19,20). The Morgan fingerprint density at radius 2 is 1.60 bits per heavy atom. The van der Waals surface area contributed by atoms with Gasteiger partial charge in [-0.1, -0.05) is 43.1 Å². The van der Waals surface area contributed by atoms with Crippen molar-refractivity contribution in [1.29, 1.82) is 0 Å². The smallest absolute Gasteiger partial charge is 0.135 e. The number of nitrogens with zero attached hydrogens (tertiary/aromatic N) is 2. The first kappa shape index (κ1) is 14.8. The number of nitrogens with one attached hydrogen (secondary N) is 1. The Morgan fingerprint density at radius 1 is 1.00 bits per heavy atom. The van der Waals surface area contributed by atoms with Gasteiger partial charge in [-0.2, -0.15) is 0 Å². The fourth-order valence-corrected chi connectivity index (χ4v) is 2.45. The van der Waals surface area contributed by atoms with Crippen molar-refractivity contribution >= 4 is 23.1 Å². The van der Waals surface area contributed by atoms with E-state index in [1.54, 1.807) is 6.07 Å². The summed E-state index contributed by atoms with van der Waals surface area (Å²) in [5, 5.41) is 3.83. The average Bonchev–Trinajstić information content (AvgIpc) is 2.33. The molecule has 0 bridgehead atoms. The predicted octanol–water partition coefficient (Wildman–Crippen LogP) is 4.92. The van der Waals surface area contributed by atoms with Crippen LogP contribution in [0.4, 0.5) is 11.5 Å². The molecule has 106 valence electrons. The van der Waals surface area contributed by atoms with Gasteiger partial charge in [-0.15, -0.1) is 0 Å². The number of halogens is 1. The third kappa shape index (κ3) is 3.28. The van der Waals surface area contributed by atoms with Crippen LogP contribution in [0.2, 0.25) is 5.15 Å². The average molecular weight is 290 g/mol. The maximum absolute atomic E-state index is 6.07. The van der Waals surface area contributed by atoms with E-state index in [1.807, 2.05) is 0 Å². The zero-order valence-corrected chi connectivity index (χ0v) is 13.3. The summed E-state index contributed by atoms with van der Waals surface area (Å²) in [7, 11) is 0. The summed E-state index contributed by atoms with van der Waals surface area (Å²) in [6, 6.07) is 6.06. The third-order valence-corrected chi connectivity index (χ3v) is 3.35. The van der Waals surface area contributed by atoms with Gasteiger partial charge in [0.1, 0.15) is 16.8 Å². The van der Waals surface area contributed by atoms with Crippen molar-refractivity contribution in [3.05, 3.63) is 45.9 Å². The lowest BCUT2D eigenvalue weighted by Gasteiger charge is -2.14. The van der Waals surface area contributed by atoms with Crippen LogP contribution in [0.15, 0.2) is 18.2 Å². The molecule has 1 heterocycles. The molecule has 0 atom stereocenters. The van der Waals surface area contributed by atoms with Gasteiger partial charge in [0.15, 0.2) is 0 Å². The Bertz CT molecular complexity index is 613. The second-order valence-corrected chi connectivity index (χ2v) is 5.87. The molecular formula is C16H20ClN3. The highest BCUT2D eigenvalue weighted by molar-refractivity contribution is 6.29. The van der Waals surface area contributed by atoms with Gasteiger partial charge in [0.2, 0.25) is 0 Å². The summed E-state index contributed by atoms with van der Waals surface area (Å²) in [5.41, 5.74) is 4.74. The lowest BCUT2D eigenvalue weighted by molar-refractivity contribution is 0.776. The zero-order chi connectivity index (χ0) is 14.9. The van der Waals surface area contributed by atoms with E-state index >= 15 is 0 Å². The lowest BCUT2D eigenvalue weighted by Crippen LogP contribution is -2.04. The monoisotopic (exact) mass is 289 g/mol. The van der Waals surface area contributed by atoms with Gasteiger partial charge in [-0.05, 0) is 31.9 Å². The van der Waals surface area contributed by atoms with E-state index in [1.165, 1.54) is 16.7 Å². The van der Waals surface area contributed by atoms with Gasteiger partial charge in [-0.3, -0.25) is 0 Å². The molecule has 0 radical (unpaired) electrons. The summed E-state index contributed by atoms with van der Waals surface area (Å²) >= 11 is 6.07. The normalized spacial score (nSPS) is 10.9. The van der Waals surface area contributed by atoms with Gasteiger partial charge in [0, 0.05) is 17.7 Å². The molecule has 2 aromatic rings. The zero-order valence-electron chi connectivity index (χ0n) is 12.6. The number of aryl methyl sites for hydroxylation is 3. The largest absolute Gasteiger partial charge is 0.340 e. The molecule has 20 heavy (non-hydrogen) atoms. The maximum atomic E-state index is 6.07. The van der Waals surface area contributed by atoms with Crippen molar-refractivity contribution < 1.29 is 0 Å². The topological polar surface area (TPSA) is 37.8 Å². The summed E-state index contributed by atoms with van der Waals surface area (Å²) in [4.78, 5) is 8.77. The number of hydrogen-bond acceptors (Lipinski definition) is 3. The molecule has 0 saturated carbocycles. The molecule has 1 N–H and O–H groups in total. The fourth-order valence-electron chi connectivity index (χ4n) is 2.26. The van der Waals surface area contributed by atoms with Crippen molar-refractivity contribution in [3.63, 3.8) is 0 Å². The first-order valence-corrected chi connectivity index (χ1v) is 7.14. The van der Waals surface area contributed by atoms with Gasteiger partial charge < -0.3 is 5.32 Å². The quantitative estimate of drug-likeness (QED) is 0.815. The number of hydrogen-bond donors (Lipinski definition) is 1. The Balaban J connectivity index is 2.40. The van der Waals surface area contributed by atoms with Crippen LogP contribution >= 0.6 is 11.6 Å². The van der Waals surface area contributed by atoms with Crippen LogP contribution in [-0.2, 0) is 0 Å². The molecule has 0 spiro atoms. The van der Waals surface area contributed by atoms with E-state index in [0.717, 1.165) is 17.3 Å². The van der Waals surface area contributed by atoms with Crippen LogP contribution in [-0.4, -0.2) is 9.97 Å². The van der Waals surface area contributed by atoms with Crippen LogP contribution in [0.25, 0.3) is 0 Å². The molecule has 0 aliphatic carbocycles. The lowest BCUT2D eigenvalue weighted by atomic mass is 10.1. The Labute approximate surface area is 125 Å². The van der Waals surface area contributed by atoms with E-state index in [4.69, 9.17) is 11.6 Å². The van der Waals surface area contributed by atoms with Crippen LogP contribution < -0.4 is 5.32 Å². The van der Waals surface area contributed by atoms with Crippen molar-refractivity contribution in [2.45, 2.75) is 40.5 Å². The molecule has 0 amide bonds. The Kier molecular flexibility index (Phi) is 4.29. The van der Waals surface area contributed by atoms with Crippen LogP contribution in [0.3, 0.4) is 0 Å². The molecular weight excluding hydrogens is 270 g/mol. The van der Waals surface area contributed by atoms with E-state index in [2.05, 4.69) is 62.0 Å². The van der Waals surface area contributed by atoms with Crippen LogP contribution in [0, 0.1) is 20.8 Å². The van der Waals surface area contributed by atoms with E-state index in [0.29, 0.717) is 5.15 Å². The summed E-state index contributed by atoms with van der Waals surface area (Å²) in [5.74, 6) is 1.74. The highest BCUT2D eigenvalue weighted by Gasteiger charge is 2.09. The molecule has 1 aromatic heterocycles. The highest BCUT2D eigenvalue weighted by atomic mass is 35.5. The molecule has 0 aliphatic heterocycles. The predicted molar refractivity (Wildman–Crippen MR) is 85.1 cm³/mol. The van der Waals surface area contributed by atoms with Gasteiger partial charge >= 0.3 is 0 Å². The molecule has 1 aromatic carbocycles. The number of anilines is 2. The summed E-state index contributed by atoms with van der Waals surface area (Å²) in [6.07, 6.45) is 0. The van der Waals surface area contributed by atoms with Gasteiger partial charge in [0.05, 0.1) is 0 Å². The third-order valence-electron chi connectivity index (χ3n) is 3.16. The van der Waals surface area contributed by atoms with E-state index in [-0.39, 0.29) is 5.92 Å². The fraction of sp³-hybridized carbons (Fsp3) is 0.375. The Hall–Kier alpha value is -1.61. The van der Waals surface area contributed by atoms with Crippen molar-refractivity contribution in [2.24, 2.45) is 0 Å². The van der Waals surface area contributed by atoms with Gasteiger partial charge in [0.25, 0.3) is 0 Å². The minimum absolute atomic E-state index is 0.245.